The van der Waals surface area contributed by atoms with Crippen molar-refractivity contribution in [1.29, 1.82) is 0 Å². The lowest BCUT2D eigenvalue weighted by atomic mass is 9.74. The van der Waals surface area contributed by atoms with Crippen molar-refractivity contribution in [2.24, 2.45) is 0 Å². The molecule has 0 aliphatic carbocycles. The lowest BCUT2D eigenvalue weighted by molar-refractivity contribution is -0.140. The Hall–Kier alpha value is -1.88. The van der Waals surface area contributed by atoms with Crippen LogP contribution in [0.2, 0.25) is 0 Å². The van der Waals surface area contributed by atoms with Crippen molar-refractivity contribution in [2.45, 2.75) is 44.6 Å². The van der Waals surface area contributed by atoms with Gasteiger partial charge in [-0.15, -0.1) is 0 Å². The monoisotopic (exact) mass is 318 g/mol. The molecule has 5 heteroatoms. The third-order valence-electron chi connectivity index (χ3n) is 4.12. The third-order valence-corrected chi connectivity index (χ3v) is 4.12. The highest BCUT2D eigenvalue weighted by atomic mass is 16.5. The SMILES string of the molecule is CC(C)(C)NC(=O)C(=O)NCC1(c2ccccc2)CCOCC1. The number of carbonyl (C=O) groups excluding carboxylic acids is 2. The van der Waals surface area contributed by atoms with Gasteiger partial charge < -0.3 is 15.4 Å². The molecule has 2 amide bonds. The van der Waals surface area contributed by atoms with Crippen LogP contribution in [0.3, 0.4) is 0 Å². The summed E-state index contributed by atoms with van der Waals surface area (Å²) in [5.41, 5.74) is 0.585. The van der Waals surface area contributed by atoms with E-state index in [0.29, 0.717) is 19.8 Å². The number of hydrogen-bond acceptors (Lipinski definition) is 3. The molecule has 1 fully saturated rings. The highest BCUT2D eigenvalue weighted by Gasteiger charge is 2.35. The fourth-order valence-corrected chi connectivity index (χ4v) is 2.85. The molecule has 1 saturated heterocycles. The summed E-state index contributed by atoms with van der Waals surface area (Å²) in [5, 5.41) is 5.49. The summed E-state index contributed by atoms with van der Waals surface area (Å²) < 4.78 is 5.47. The second kappa shape index (κ2) is 7.13. The number of rotatable bonds is 3. The molecule has 0 bridgehead atoms. The Morgan fingerprint density at radius 2 is 1.70 bits per heavy atom. The van der Waals surface area contributed by atoms with E-state index in [4.69, 9.17) is 4.74 Å². The highest BCUT2D eigenvalue weighted by Crippen LogP contribution is 2.34. The largest absolute Gasteiger partial charge is 0.381 e. The molecule has 0 unspecified atom stereocenters. The first-order chi connectivity index (χ1) is 10.8. The molecule has 2 rings (SSSR count). The summed E-state index contributed by atoms with van der Waals surface area (Å²) >= 11 is 0. The third kappa shape index (κ3) is 4.79. The van der Waals surface area contributed by atoms with Crippen molar-refractivity contribution in [3.8, 4) is 0 Å². The summed E-state index contributed by atoms with van der Waals surface area (Å²) in [4.78, 5) is 24.0. The minimum absolute atomic E-state index is 0.169. The van der Waals surface area contributed by atoms with E-state index in [1.807, 2.05) is 39.0 Å². The van der Waals surface area contributed by atoms with Gasteiger partial charge in [-0.25, -0.2) is 0 Å². The van der Waals surface area contributed by atoms with Crippen LogP contribution in [0.15, 0.2) is 30.3 Å². The molecule has 23 heavy (non-hydrogen) atoms. The Kier molecular flexibility index (Phi) is 5.42. The molecule has 0 saturated carbocycles. The second-order valence-electron chi connectivity index (χ2n) is 7.15. The van der Waals surface area contributed by atoms with Gasteiger partial charge in [0.15, 0.2) is 0 Å². The van der Waals surface area contributed by atoms with Crippen LogP contribution in [-0.4, -0.2) is 37.1 Å². The minimum Gasteiger partial charge on any atom is -0.381 e. The first-order valence-corrected chi connectivity index (χ1v) is 8.06. The maximum Gasteiger partial charge on any atom is 0.309 e. The molecular formula is C18H26N2O3. The van der Waals surface area contributed by atoms with Gasteiger partial charge in [-0.3, -0.25) is 9.59 Å². The van der Waals surface area contributed by atoms with Crippen LogP contribution in [0, 0.1) is 0 Å². The van der Waals surface area contributed by atoms with Crippen LogP contribution >= 0.6 is 0 Å². The van der Waals surface area contributed by atoms with Gasteiger partial charge in [0.2, 0.25) is 0 Å². The van der Waals surface area contributed by atoms with Gasteiger partial charge >= 0.3 is 11.8 Å². The summed E-state index contributed by atoms with van der Waals surface area (Å²) in [6.07, 6.45) is 1.66. The summed E-state index contributed by atoms with van der Waals surface area (Å²) in [6, 6.07) is 10.1. The summed E-state index contributed by atoms with van der Waals surface area (Å²) in [7, 11) is 0. The van der Waals surface area contributed by atoms with Crippen LogP contribution in [0.1, 0.15) is 39.2 Å². The Balaban J connectivity index is 2.05. The van der Waals surface area contributed by atoms with E-state index in [1.54, 1.807) is 0 Å². The van der Waals surface area contributed by atoms with Gasteiger partial charge in [0.25, 0.3) is 0 Å². The smallest absolute Gasteiger partial charge is 0.309 e. The second-order valence-corrected chi connectivity index (χ2v) is 7.15. The summed E-state index contributed by atoms with van der Waals surface area (Å²) in [6.45, 7) is 7.32. The first kappa shape index (κ1) is 17.5. The van der Waals surface area contributed by atoms with E-state index in [1.165, 1.54) is 5.56 Å². The van der Waals surface area contributed by atoms with Crippen molar-refractivity contribution < 1.29 is 14.3 Å². The Morgan fingerprint density at radius 1 is 1.09 bits per heavy atom. The van der Waals surface area contributed by atoms with Crippen LogP contribution in [0.25, 0.3) is 0 Å². The number of hydrogen-bond donors (Lipinski definition) is 2. The Bertz CT molecular complexity index is 543. The zero-order chi connectivity index (χ0) is 16.9. The molecule has 0 spiro atoms. The van der Waals surface area contributed by atoms with Crippen molar-refractivity contribution in [3.05, 3.63) is 35.9 Å². The first-order valence-electron chi connectivity index (χ1n) is 8.06. The van der Waals surface area contributed by atoms with Gasteiger partial charge in [0, 0.05) is 30.7 Å². The topological polar surface area (TPSA) is 67.4 Å². The predicted molar refractivity (Wildman–Crippen MR) is 89.1 cm³/mol. The zero-order valence-corrected chi connectivity index (χ0v) is 14.1. The van der Waals surface area contributed by atoms with E-state index in [0.717, 1.165) is 12.8 Å². The molecule has 1 aromatic carbocycles. The molecule has 1 heterocycles. The number of amides is 2. The number of ether oxygens (including phenoxy) is 1. The molecule has 5 nitrogen and oxygen atoms in total. The maximum absolute atomic E-state index is 12.1. The van der Waals surface area contributed by atoms with E-state index >= 15 is 0 Å². The van der Waals surface area contributed by atoms with E-state index < -0.39 is 17.4 Å². The quantitative estimate of drug-likeness (QED) is 0.835. The van der Waals surface area contributed by atoms with Crippen LogP contribution in [-0.2, 0) is 19.7 Å². The van der Waals surface area contributed by atoms with E-state index in [-0.39, 0.29) is 5.41 Å². The van der Waals surface area contributed by atoms with E-state index in [2.05, 4.69) is 22.8 Å². The van der Waals surface area contributed by atoms with Crippen LogP contribution in [0.5, 0.6) is 0 Å². The minimum atomic E-state index is -0.590. The predicted octanol–water partition coefficient (Wildman–Crippen LogP) is 1.77. The molecule has 0 aromatic heterocycles. The lowest BCUT2D eigenvalue weighted by Crippen LogP contribution is -2.51. The van der Waals surface area contributed by atoms with Gasteiger partial charge in [0.05, 0.1) is 0 Å². The van der Waals surface area contributed by atoms with E-state index in [9.17, 15) is 9.59 Å². The van der Waals surface area contributed by atoms with Gasteiger partial charge in [0.1, 0.15) is 0 Å². The molecule has 1 aromatic rings. The molecule has 0 atom stereocenters. The van der Waals surface area contributed by atoms with Crippen molar-refractivity contribution in [1.82, 2.24) is 10.6 Å². The zero-order valence-electron chi connectivity index (χ0n) is 14.1. The molecule has 1 aliphatic heterocycles. The normalized spacial score (nSPS) is 17.3. The summed E-state index contributed by atoms with van der Waals surface area (Å²) in [5.74, 6) is -1.17. The molecule has 126 valence electrons. The fraction of sp³-hybridized carbons (Fsp3) is 0.556. The van der Waals surface area contributed by atoms with Crippen molar-refractivity contribution in [2.75, 3.05) is 19.8 Å². The highest BCUT2D eigenvalue weighted by molar-refractivity contribution is 6.35. The average molecular weight is 318 g/mol. The van der Waals surface area contributed by atoms with Crippen LogP contribution in [0.4, 0.5) is 0 Å². The molecule has 0 radical (unpaired) electrons. The van der Waals surface area contributed by atoms with Crippen molar-refractivity contribution in [3.63, 3.8) is 0 Å². The molecule has 2 N–H and O–H groups in total. The Morgan fingerprint density at radius 3 is 2.26 bits per heavy atom. The fourth-order valence-electron chi connectivity index (χ4n) is 2.85. The van der Waals surface area contributed by atoms with Gasteiger partial charge in [-0.2, -0.15) is 0 Å². The maximum atomic E-state index is 12.1. The van der Waals surface area contributed by atoms with Crippen LogP contribution < -0.4 is 10.6 Å². The molecular weight excluding hydrogens is 292 g/mol. The van der Waals surface area contributed by atoms with Crippen molar-refractivity contribution >= 4 is 11.8 Å². The van der Waals surface area contributed by atoms with Gasteiger partial charge in [-0.1, -0.05) is 30.3 Å². The lowest BCUT2D eigenvalue weighted by Gasteiger charge is -2.38. The number of carbonyl (C=O) groups is 2. The number of benzene rings is 1. The van der Waals surface area contributed by atoms with Gasteiger partial charge in [-0.05, 0) is 39.2 Å². The number of nitrogens with one attached hydrogen (secondary N) is 2. The average Bonchev–Trinajstić information content (AvgIpc) is 2.53. The Labute approximate surface area is 137 Å². The standard InChI is InChI=1S/C18H26N2O3/c1-17(2,3)20-16(22)15(21)19-13-18(9-11-23-12-10-18)14-7-5-4-6-8-14/h4-8H,9-13H2,1-3H3,(H,19,21)(H,20,22). The molecule has 1 aliphatic rings.